The first-order chi connectivity index (χ1) is 10.6. The molecule has 0 aromatic heterocycles. The van der Waals surface area contributed by atoms with Crippen molar-refractivity contribution in [3.63, 3.8) is 0 Å². The fraction of sp³-hybridized carbons (Fsp3) is 0.211. The summed E-state index contributed by atoms with van der Waals surface area (Å²) in [5, 5.41) is 9.43. The minimum atomic E-state index is 0.608. The summed E-state index contributed by atoms with van der Waals surface area (Å²) in [6.07, 6.45) is 0. The molecule has 0 spiro atoms. The van der Waals surface area contributed by atoms with E-state index in [9.17, 15) is 5.26 Å². The van der Waals surface area contributed by atoms with Gasteiger partial charge in [0.25, 0.3) is 0 Å². The molecule has 0 aliphatic rings. The number of nitriles is 1. The summed E-state index contributed by atoms with van der Waals surface area (Å²) in [5.41, 5.74) is 3.76. The van der Waals surface area contributed by atoms with Gasteiger partial charge in [0, 0.05) is 13.1 Å². The fourth-order valence-electron chi connectivity index (χ4n) is 2.36. The van der Waals surface area contributed by atoms with E-state index in [1.807, 2.05) is 37.3 Å². The third kappa shape index (κ3) is 3.89. The van der Waals surface area contributed by atoms with Gasteiger partial charge in [0.2, 0.25) is 0 Å². The Morgan fingerprint density at radius 3 is 2.55 bits per heavy atom. The summed E-state index contributed by atoms with van der Waals surface area (Å²) in [5.74, 6) is 0.690. The largest absolute Gasteiger partial charge is 0.497 e. The Labute approximate surface area is 132 Å². The van der Waals surface area contributed by atoms with Crippen molar-refractivity contribution in [1.82, 2.24) is 0 Å². The quantitative estimate of drug-likeness (QED) is 0.750. The molecule has 112 valence electrons. The molecule has 0 atom stereocenters. The maximum absolute atomic E-state index is 9.43. The van der Waals surface area contributed by atoms with Gasteiger partial charge < -0.3 is 9.64 Å². The molecule has 0 aliphatic carbocycles. The zero-order valence-corrected chi connectivity index (χ0v) is 13.0. The predicted octanol–water partition coefficient (Wildman–Crippen LogP) is 4.15. The second-order valence-corrected chi connectivity index (χ2v) is 5.29. The summed E-state index contributed by atoms with van der Waals surface area (Å²) >= 11 is 0. The van der Waals surface area contributed by atoms with E-state index in [0.29, 0.717) is 17.9 Å². The van der Waals surface area contributed by atoms with Crippen LogP contribution in [0.5, 0.6) is 5.75 Å². The lowest BCUT2D eigenvalue weighted by molar-refractivity contribution is 0.414. The third-order valence-corrected chi connectivity index (χ3v) is 3.34. The Bertz CT molecular complexity index is 686. The van der Waals surface area contributed by atoms with Gasteiger partial charge in [-0.1, -0.05) is 42.5 Å². The molecule has 2 aromatic rings. The zero-order chi connectivity index (χ0) is 15.9. The molecule has 2 aromatic carbocycles. The van der Waals surface area contributed by atoms with Crippen molar-refractivity contribution in [3.05, 3.63) is 71.8 Å². The van der Waals surface area contributed by atoms with Gasteiger partial charge in [-0.25, -0.2) is 0 Å². The van der Waals surface area contributed by atoms with E-state index >= 15 is 0 Å². The lowest BCUT2D eigenvalue weighted by atomic mass is 10.1. The van der Waals surface area contributed by atoms with Gasteiger partial charge >= 0.3 is 0 Å². The molecule has 0 bridgehead atoms. The molecule has 0 unspecified atom stereocenters. The van der Waals surface area contributed by atoms with Crippen molar-refractivity contribution >= 4 is 5.69 Å². The topological polar surface area (TPSA) is 36.3 Å². The Kier molecular flexibility index (Phi) is 5.21. The monoisotopic (exact) mass is 292 g/mol. The van der Waals surface area contributed by atoms with Crippen molar-refractivity contribution in [2.75, 3.05) is 18.6 Å². The number of hydrogen-bond acceptors (Lipinski definition) is 3. The molecule has 3 nitrogen and oxygen atoms in total. The lowest BCUT2D eigenvalue weighted by Gasteiger charge is -2.26. The number of methoxy groups -OCH3 is 1. The molecule has 2 rings (SSSR count). The van der Waals surface area contributed by atoms with Gasteiger partial charge in [0.1, 0.15) is 11.8 Å². The summed E-state index contributed by atoms with van der Waals surface area (Å²) < 4.78 is 5.20. The molecular weight excluding hydrogens is 272 g/mol. The van der Waals surface area contributed by atoms with Crippen LogP contribution in [0.25, 0.3) is 0 Å². The van der Waals surface area contributed by atoms with Crippen molar-refractivity contribution in [1.29, 1.82) is 5.26 Å². The molecule has 0 amide bonds. The second-order valence-electron chi connectivity index (χ2n) is 5.29. The predicted molar refractivity (Wildman–Crippen MR) is 90.0 cm³/mol. The standard InChI is InChI=1S/C19H20N2O/c1-15(2)13-21(14-16-7-5-4-6-8-16)19-10-9-18(22-3)11-17(19)12-20/h4-11H,1,13-14H2,2-3H3. The highest BCUT2D eigenvalue weighted by Crippen LogP contribution is 2.27. The van der Waals surface area contributed by atoms with Crippen LogP contribution >= 0.6 is 0 Å². The molecule has 0 heterocycles. The second kappa shape index (κ2) is 7.33. The first-order valence-electron chi connectivity index (χ1n) is 7.15. The van der Waals surface area contributed by atoms with Gasteiger partial charge in [-0.15, -0.1) is 0 Å². The number of rotatable bonds is 6. The van der Waals surface area contributed by atoms with E-state index < -0.39 is 0 Å². The Hall–Kier alpha value is -2.73. The van der Waals surface area contributed by atoms with E-state index in [1.165, 1.54) is 5.56 Å². The van der Waals surface area contributed by atoms with Crippen LogP contribution in [-0.2, 0) is 6.54 Å². The Morgan fingerprint density at radius 1 is 1.23 bits per heavy atom. The Balaban J connectivity index is 2.37. The SMILES string of the molecule is C=C(C)CN(Cc1ccccc1)c1ccc(OC)cc1C#N. The summed E-state index contributed by atoms with van der Waals surface area (Å²) in [7, 11) is 1.60. The smallest absolute Gasteiger partial charge is 0.120 e. The molecule has 3 heteroatoms. The molecule has 0 aliphatic heterocycles. The van der Waals surface area contributed by atoms with E-state index in [-0.39, 0.29) is 0 Å². The van der Waals surface area contributed by atoms with Gasteiger partial charge in [0.15, 0.2) is 0 Å². The van der Waals surface area contributed by atoms with Crippen LogP contribution in [0.4, 0.5) is 5.69 Å². The van der Waals surface area contributed by atoms with Crippen molar-refractivity contribution in [2.24, 2.45) is 0 Å². The van der Waals surface area contributed by atoms with E-state index in [4.69, 9.17) is 4.74 Å². The summed E-state index contributed by atoms with van der Waals surface area (Å²) in [6.45, 7) is 7.43. The maximum Gasteiger partial charge on any atom is 0.120 e. The zero-order valence-electron chi connectivity index (χ0n) is 13.0. The highest BCUT2D eigenvalue weighted by molar-refractivity contribution is 5.62. The minimum Gasteiger partial charge on any atom is -0.497 e. The molecule has 0 radical (unpaired) electrons. The van der Waals surface area contributed by atoms with Crippen molar-refractivity contribution in [2.45, 2.75) is 13.5 Å². The van der Waals surface area contributed by atoms with Gasteiger partial charge in [-0.2, -0.15) is 5.26 Å². The van der Waals surface area contributed by atoms with Crippen LogP contribution in [0.3, 0.4) is 0 Å². The van der Waals surface area contributed by atoms with E-state index in [2.05, 4.69) is 29.7 Å². The third-order valence-electron chi connectivity index (χ3n) is 3.34. The molecule has 0 saturated carbocycles. The maximum atomic E-state index is 9.43. The van der Waals surface area contributed by atoms with Crippen molar-refractivity contribution < 1.29 is 4.74 Å². The van der Waals surface area contributed by atoms with Gasteiger partial charge in [-0.05, 0) is 30.7 Å². The normalized spacial score (nSPS) is 9.86. The lowest BCUT2D eigenvalue weighted by Crippen LogP contribution is -2.25. The summed E-state index contributed by atoms with van der Waals surface area (Å²) in [6, 6.07) is 18.1. The van der Waals surface area contributed by atoms with Crippen LogP contribution in [0, 0.1) is 11.3 Å². The van der Waals surface area contributed by atoms with Gasteiger partial charge in [0.05, 0.1) is 18.4 Å². The van der Waals surface area contributed by atoms with Crippen LogP contribution in [0.15, 0.2) is 60.7 Å². The van der Waals surface area contributed by atoms with E-state index in [0.717, 1.165) is 17.8 Å². The van der Waals surface area contributed by atoms with E-state index in [1.54, 1.807) is 13.2 Å². The molecular formula is C19H20N2O. The van der Waals surface area contributed by atoms with Crippen LogP contribution in [-0.4, -0.2) is 13.7 Å². The highest BCUT2D eigenvalue weighted by Gasteiger charge is 2.13. The first-order valence-corrected chi connectivity index (χ1v) is 7.15. The first kappa shape index (κ1) is 15.7. The molecule has 0 N–H and O–H groups in total. The van der Waals surface area contributed by atoms with Crippen molar-refractivity contribution in [3.8, 4) is 11.8 Å². The van der Waals surface area contributed by atoms with Gasteiger partial charge in [-0.3, -0.25) is 0 Å². The van der Waals surface area contributed by atoms with Crippen LogP contribution < -0.4 is 9.64 Å². The average molecular weight is 292 g/mol. The number of anilines is 1. The Morgan fingerprint density at radius 2 is 1.95 bits per heavy atom. The fourth-order valence-corrected chi connectivity index (χ4v) is 2.36. The minimum absolute atomic E-state index is 0.608. The summed E-state index contributed by atoms with van der Waals surface area (Å²) in [4.78, 5) is 2.16. The molecule has 0 fully saturated rings. The number of benzene rings is 2. The molecule has 22 heavy (non-hydrogen) atoms. The molecule has 0 saturated heterocycles. The van der Waals surface area contributed by atoms with Crippen LogP contribution in [0.2, 0.25) is 0 Å². The highest BCUT2D eigenvalue weighted by atomic mass is 16.5. The average Bonchev–Trinajstić information content (AvgIpc) is 2.54. The number of hydrogen-bond donors (Lipinski definition) is 0. The van der Waals surface area contributed by atoms with Crippen LogP contribution in [0.1, 0.15) is 18.1 Å². The number of nitrogens with zero attached hydrogens (tertiary/aromatic N) is 2. The number of ether oxygens (including phenoxy) is 1.